The van der Waals surface area contributed by atoms with Gasteiger partial charge in [0.05, 0.1) is 0 Å². The molecule has 0 heterocycles. The van der Waals surface area contributed by atoms with Gasteiger partial charge < -0.3 is 0 Å². The van der Waals surface area contributed by atoms with E-state index >= 15 is 0 Å². The highest BCUT2D eigenvalue weighted by atomic mass is 14.3. The van der Waals surface area contributed by atoms with Crippen LogP contribution >= 0.6 is 0 Å². The molecule has 0 aromatic heterocycles. The summed E-state index contributed by atoms with van der Waals surface area (Å²) in [6, 6.07) is 0. The molecule has 7 rings (SSSR count). The zero-order valence-corrected chi connectivity index (χ0v) is 42.0. The van der Waals surface area contributed by atoms with Gasteiger partial charge in [0, 0.05) is 0 Å². The van der Waals surface area contributed by atoms with Crippen molar-refractivity contribution in [3.8, 4) is 33.4 Å². The lowest BCUT2D eigenvalue weighted by molar-refractivity contribution is 1.82. The predicted octanol–water partition coefficient (Wildman–Crippen LogP) is -31.7. The van der Waals surface area contributed by atoms with Gasteiger partial charge in [0.2, 0.25) is 0 Å². The summed E-state index contributed by atoms with van der Waals surface area (Å²) in [7, 11) is 57.0. The molecule has 0 atom stereocenters. The monoisotopic (exact) mass is 745 g/mol. The Balaban J connectivity index is 1.86. The molecule has 7 aromatic carbocycles. The van der Waals surface area contributed by atoms with Crippen LogP contribution in [0.1, 0.15) is 0 Å². The Bertz CT molecular complexity index is 3080. The van der Waals surface area contributed by atoms with Gasteiger partial charge in [-0.15, -0.1) is 54.6 Å². The lowest BCUT2D eigenvalue weighted by Crippen LogP contribution is -2.55. The van der Waals surface area contributed by atoms with E-state index in [1.165, 1.54) is 197 Å². The molecule has 0 aliphatic heterocycles. The van der Waals surface area contributed by atoms with Crippen LogP contribution in [-0.2, 0) is 0 Å². The van der Waals surface area contributed by atoms with Gasteiger partial charge in [-0.2, -0.15) is 0 Å². The topological polar surface area (TPSA) is 0 Å². The molecule has 0 aliphatic carbocycles. The minimum Gasteiger partial charge on any atom is -0.102 e. The molecule has 0 bridgehead atoms. The fourth-order valence-corrected chi connectivity index (χ4v) is 12.0. The molecule has 0 nitrogen and oxygen atoms in total. The number of hydrogen-bond donors (Lipinski definition) is 0. The molecule has 0 unspecified atom stereocenters. The highest BCUT2D eigenvalue weighted by Gasteiger charge is 2.30. The largest absolute Gasteiger partial charge is 0.140 e. The average molecular weight is 740 g/mol. The first-order valence-corrected chi connectivity index (χ1v) is 22.5. The number of benzene rings is 7. The van der Waals surface area contributed by atoms with Crippen molar-refractivity contribution in [2.75, 3.05) is 0 Å². The van der Waals surface area contributed by atoms with Crippen molar-refractivity contribution in [2.24, 2.45) is 0 Å². The zero-order chi connectivity index (χ0) is 44.8. The molecule has 0 fully saturated rings. The summed E-state index contributed by atoms with van der Waals surface area (Å²) in [5.74, 6) is 0. The lowest BCUT2D eigenvalue weighted by atomic mass is 9.54. The van der Waals surface area contributed by atoms with Crippen molar-refractivity contribution in [3.05, 3.63) is 0 Å². The van der Waals surface area contributed by atoms with Gasteiger partial charge in [0.25, 0.3) is 0 Å². The molecule has 0 amide bonds. The molecule has 0 N–H and O–H groups in total. The highest BCUT2D eigenvalue weighted by molar-refractivity contribution is 6.77. The molecular formula is C36H48B24. The Labute approximate surface area is 382 Å². The van der Waals surface area contributed by atoms with E-state index in [2.05, 4.69) is 188 Å². The van der Waals surface area contributed by atoms with Crippen LogP contribution in [0.2, 0.25) is 0 Å². The molecule has 0 radical (unpaired) electrons. The molecule has 0 saturated carbocycles. The van der Waals surface area contributed by atoms with E-state index < -0.39 is 0 Å². The van der Waals surface area contributed by atoms with E-state index in [0.29, 0.717) is 0 Å². The first-order valence-electron chi connectivity index (χ1n) is 22.5. The second kappa shape index (κ2) is 15.3. The maximum Gasteiger partial charge on any atom is 0.140 e. The second-order valence-corrected chi connectivity index (χ2v) is 19.5. The summed E-state index contributed by atoms with van der Waals surface area (Å²) in [5, 5.41) is 8.61. The lowest BCUT2D eigenvalue weighted by Gasteiger charge is -2.33. The van der Waals surface area contributed by atoms with Crippen molar-refractivity contribution in [2.45, 2.75) is 0 Å². The molecule has 24 heteroatoms. The van der Waals surface area contributed by atoms with Crippen molar-refractivity contribution >= 4 is 352 Å². The van der Waals surface area contributed by atoms with Crippen molar-refractivity contribution in [1.29, 1.82) is 0 Å². The van der Waals surface area contributed by atoms with Crippen LogP contribution in [0.5, 0.6) is 0 Å². The smallest absolute Gasteiger partial charge is 0.102 e. The number of hydrogen-bond acceptors (Lipinski definition) is 0. The normalized spacial score (nSPS) is 11.6. The van der Waals surface area contributed by atoms with Crippen LogP contribution in [0.4, 0.5) is 0 Å². The fourth-order valence-electron chi connectivity index (χ4n) is 12.0. The minimum atomic E-state index is 1.40. The van der Waals surface area contributed by atoms with Crippen molar-refractivity contribution in [1.82, 2.24) is 0 Å². The standard InChI is InChI=1S/C36H48B24/c37-13-7(21(45)27(51)24(48)10(13)9-14(38)11-12(20(44)19(9)43)26(50)33(57)32(56)25(11)49)1-3-5(17(41)30(54)28(52)15(3)39)2(6-4(1)16(40)29(53)31(55)18(6)42)8-22(46)34(58)36(60)35(59)23(8)47/h37-60H2. The number of rotatable bonds is 3. The predicted molar refractivity (Wildman–Crippen MR) is 352 cm³/mol. The molecule has 0 spiro atoms. The van der Waals surface area contributed by atoms with Gasteiger partial charge in [0.1, 0.15) is 188 Å². The minimum absolute atomic E-state index is 1.40. The summed E-state index contributed by atoms with van der Waals surface area (Å²) < 4.78 is 0. The van der Waals surface area contributed by atoms with Gasteiger partial charge in [-0.3, -0.25) is 0 Å². The average Bonchev–Trinajstić information content (AvgIpc) is 3.21. The Morgan fingerprint density at radius 1 is 0.100 bits per heavy atom. The first-order chi connectivity index (χ1) is 27.9. The van der Waals surface area contributed by atoms with Crippen LogP contribution in [0.25, 0.3) is 65.7 Å². The van der Waals surface area contributed by atoms with E-state index in [1.807, 2.05) is 0 Å². The van der Waals surface area contributed by atoms with Crippen LogP contribution in [0.15, 0.2) is 0 Å². The van der Waals surface area contributed by atoms with E-state index in [-0.39, 0.29) is 0 Å². The summed E-state index contributed by atoms with van der Waals surface area (Å²) in [4.78, 5) is 0. The van der Waals surface area contributed by atoms with Gasteiger partial charge in [0.15, 0.2) is 0 Å². The Morgan fingerprint density at radius 3 is 0.567 bits per heavy atom. The van der Waals surface area contributed by atoms with Gasteiger partial charge >= 0.3 is 0 Å². The van der Waals surface area contributed by atoms with E-state index in [4.69, 9.17) is 0 Å². The summed E-state index contributed by atoms with van der Waals surface area (Å²) in [6.45, 7) is 0. The molecule has 0 aliphatic rings. The van der Waals surface area contributed by atoms with Gasteiger partial charge in [-0.1, -0.05) is 76.5 Å². The molecular weight excluding hydrogens is 692 g/mol. The Morgan fingerprint density at radius 2 is 0.250 bits per heavy atom. The molecule has 60 heavy (non-hydrogen) atoms. The quantitative estimate of drug-likeness (QED) is 0.125. The fraction of sp³-hybridized carbons (Fsp3) is 0. The van der Waals surface area contributed by atoms with Gasteiger partial charge in [-0.05, 0) is 65.7 Å². The maximum absolute atomic E-state index is 2.46. The van der Waals surface area contributed by atoms with Crippen LogP contribution in [-0.4, -0.2) is 188 Å². The SMILES string of the molecule is Bc1c(B)c(B)c(-c2c3c(B)c(B)c(B)c(B)c3c(-c3c(B)c(B)c(B)c(-c4c(B)c(B)c5c(B)c(B)c(B)c(B)c5c4B)c3B)c3c(B)c(B)c(B)c(B)c23)c(B)c1B. The van der Waals surface area contributed by atoms with Crippen LogP contribution in [0, 0.1) is 0 Å². The van der Waals surface area contributed by atoms with Gasteiger partial charge in [-0.25, -0.2) is 0 Å². The molecule has 7 aromatic rings. The third-order valence-electron chi connectivity index (χ3n) is 17.5. The van der Waals surface area contributed by atoms with Crippen molar-refractivity contribution in [3.63, 3.8) is 0 Å². The third-order valence-corrected chi connectivity index (χ3v) is 17.5. The van der Waals surface area contributed by atoms with Crippen molar-refractivity contribution < 1.29 is 0 Å². The van der Waals surface area contributed by atoms with E-state index in [0.717, 1.165) is 0 Å². The number of fused-ring (bicyclic) bond motifs is 3. The Kier molecular flexibility index (Phi) is 11.5. The highest BCUT2D eigenvalue weighted by Crippen LogP contribution is 2.39. The summed E-state index contributed by atoms with van der Waals surface area (Å²) >= 11 is 0. The second-order valence-electron chi connectivity index (χ2n) is 19.5. The summed E-state index contributed by atoms with van der Waals surface area (Å²) in [6.07, 6.45) is 0. The molecule has 264 valence electrons. The molecule has 0 saturated heterocycles. The maximum atomic E-state index is 2.46. The zero-order valence-electron chi connectivity index (χ0n) is 42.0. The first kappa shape index (κ1) is 44.9. The van der Waals surface area contributed by atoms with Crippen LogP contribution in [0.3, 0.4) is 0 Å². The van der Waals surface area contributed by atoms with E-state index in [1.54, 1.807) is 0 Å². The van der Waals surface area contributed by atoms with Crippen LogP contribution < -0.4 is 131 Å². The summed E-state index contributed by atoms with van der Waals surface area (Å²) in [5.41, 5.74) is 42.4. The Hall–Kier alpha value is -3.12. The van der Waals surface area contributed by atoms with E-state index in [9.17, 15) is 0 Å². The third kappa shape index (κ3) is 5.86.